The molecule has 1 heterocycles. The lowest BCUT2D eigenvalue weighted by Crippen LogP contribution is -2.26. The van der Waals surface area contributed by atoms with Gasteiger partial charge in [0, 0.05) is 37.1 Å². The largest absolute Gasteiger partial charge is 0.372 e. The van der Waals surface area contributed by atoms with Crippen LogP contribution in [0.25, 0.3) is 0 Å². The maximum Gasteiger partial charge on any atom is 0.264 e. The molecule has 3 aromatic carbocycles. The molecule has 0 atom stereocenters. The summed E-state index contributed by atoms with van der Waals surface area (Å²) in [6.07, 6.45) is 2.42. The molecular weight excluding hydrogens is 410 g/mol. The Balaban J connectivity index is 1.49. The molecule has 1 N–H and O–H groups in total. The Morgan fingerprint density at radius 1 is 0.903 bits per heavy atom. The lowest BCUT2D eigenvalue weighted by molar-refractivity contribution is 0.102. The van der Waals surface area contributed by atoms with Crippen molar-refractivity contribution in [2.24, 2.45) is 0 Å². The highest BCUT2D eigenvalue weighted by molar-refractivity contribution is 7.92. The molecule has 1 saturated heterocycles. The molecular formula is C24H25N3O3S. The minimum absolute atomic E-state index is 0.199. The Bertz CT molecular complexity index is 1160. The van der Waals surface area contributed by atoms with Crippen LogP contribution in [-0.2, 0) is 10.0 Å². The number of carbonyl (C=O) groups excluding carboxylic acids is 1. The lowest BCUT2D eigenvalue weighted by Gasteiger charge is -2.20. The number of sulfonamides is 1. The first-order valence-electron chi connectivity index (χ1n) is 10.3. The summed E-state index contributed by atoms with van der Waals surface area (Å²) in [5.41, 5.74) is 2.66. The minimum Gasteiger partial charge on any atom is -0.372 e. The zero-order valence-corrected chi connectivity index (χ0v) is 18.2. The van der Waals surface area contributed by atoms with Gasteiger partial charge in [0.2, 0.25) is 0 Å². The quantitative estimate of drug-likeness (QED) is 0.624. The molecule has 0 unspecified atom stereocenters. The molecule has 0 spiro atoms. The van der Waals surface area contributed by atoms with Crippen LogP contribution in [-0.4, -0.2) is 34.5 Å². The van der Waals surface area contributed by atoms with Gasteiger partial charge < -0.3 is 10.2 Å². The van der Waals surface area contributed by atoms with Crippen LogP contribution in [0.4, 0.5) is 17.1 Å². The second kappa shape index (κ2) is 8.81. The zero-order chi connectivity index (χ0) is 21.8. The molecule has 160 valence electrons. The minimum atomic E-state index is -3.71. The van der Waals surface area contributed by atoms with Crippen LogP contribution >= 0.6 is 0 Å². The fourth-order valence-corrected chi connectivity index (χ4v) is 4.87. The van der Waals surface area contributed by atoms with Crippen molar-refractivity contribution in [3.63, 3.8) is 0 Å². The topological polar surface area (TPSA) is 69.7 Å². The summed E-state index contributed by atoms with van der Waals surface area (Å²) in [5.74, 6) is -0.290. The Hall–Kier alpha value is -3.32. The van der Waals surface area contributed by atoms with E-state index in [1.165, 1.54) is 24.2 Å². The second-order valence-electron chi connectivity index (χ2n) is 7.53. The summed E-state index contributed by atoms with van der Waals surface area (Å²) in [6.45, 7) is 2.13. The number of nitrogens with zero attached hydrogens (tertiary/aromatic N) is 2. The van der Waals surface area contributed by atoms with Crippen molar-refractivity contribution in [2.45, 2.75) is 17.7 Å². The Labute approximate surface area is 183 Å². The first kappa shape index (κ1) is 20.9. The van der Waals surface area contributed by atoms with E-state index in [1.54, 1.807) is 54.6 Å². The third-order valence-electron chi connectivity index (χ3n) is 5.47. The van der Waals surface area contributed by atoms with Crippen LogP contribution in [0.2, 0.25) is 0 Å². The van der Waals surface area contributed by atoms with Crippen molar-refractivity contribution in [1.82, 2.24) is 0 Å². The van der Waals surface area contributed by atoms with Gasteiger partial charge in [-0.1, -0.05) is 24.3 Å². The van der Waals surface area contributed by atoms with E-state index in [9.17, 15) is 13.2 Å². The third kappa shape index (κ3) is 4.56. The van der Waals surface area contributed by atoms with Crippen molar-refractivity contribution in [2.75, 3.05) is 34.7 Å². The predicted molar refractivity (Wildman–Crippen MR) is 124 cm³/mol. The predicted octanol–water partition coefficient (Wildman–Crippen LogP) is 4.36. The molecule has 31 heavy (non-hydrogen) atoms. The van der Waals surface area contributed by atoms with E-state index < -0.39 is 10.0 Å². The van der Waals surface area contributed by atoms with E-state index in [4.69, 9.17) is 0 Å². The molecule has 1 fully saturated rings. The number of hydrogen-bond acceptors (Lipinski definition) is 4. The van der Waals surface area contributed by atoms with Crippen molar-refractivity contribution >= 4 is 33.0 Å². The Morgan fingerprint density at radius 3 is 2.26 bits per heavy atom. The summed E-state index contributed by atoms with van der Waals surface area (Å²) in [5, 5.41) is 2.89. The SMILES string of the molecule is CN(c1cccc(C(=O)Nc2ccc(N3CCCC3)cc2)c1)S(=O)(=O)c1ccccc1. The second-order valence-corrected chi connectivity index (χ2v) is 9.50. The van der Waals surface area contributed by atoms with Gasteiger partial charge in [0.1, 0.15) is 0 Å². The summed E-state index contributed by atoms with van der Waals surface area (Å²) in [7, 11) is -2.23. The molecule has 0 radical (unpaired) electrons. The first-order chi connectivity index (χ1) is 14.9. The number of benzene rings is 3. The van der Waals surface area contributed by atoms with Gasteiger partial charge >= 0.3 is 0 Å². The number of amides is 1. The van der Waals surface area contributed by atoms with Crippen molar-refractivity contribution in [3.05, 3.63) is 84.4 Å². The highest BCUT2D eigenvalue weighted by Crippen LogP contribution is 2.25. The van der Waals surface area contributed by atoms with Gasteiger partial charge in [-0.2, -0.15) is 0 Å². The molecule has 4 rings (SSSR count). The van der Waals surface area contributed by atoms with Gasteiger partial charge in [0.05, 0.1) is 10.6 Å². The average molecular weight is 436 g/mol. The van der Waals surface area contributed by atoms with Gasteiger partial charge in [0.15, 0.2) is 0 Å². The summed E-state index contributed by atoms with van der Waals surface area (Å²) >= 11 is 0. The Morgan fingerprint density at radius 2 is 1.58 bits per heavy atom. The highest BCUT2D eigenvalue weighted by atomic mass is 32.2. The molecule has 1 aliphatic rings. The lowest BCUT2D eigenvalue weighted by atomic mass is 10.2. The van der Waals surface area contributed by atoms with Gasteiger partial charge in [0.25, 0.3) is 15.9 Å². The summed E-state index contributed by atoms with van der Waals surface area (Å²) < 4.78 is 26.9. The first-order valence-corrected chi connectivity index (χ1v) is 11.7. The molecule has 0 aliphatic carbocycles. The van der Waals surface area contributed by atoms with Crippen LogP contribution in [0.5, 0.6) is 0 Å². The monoisotopic (exact) mass is 435 g/mol. The number of hydrogen-bond donors (Lipinski definition) is 1. The van der Waals surface area contributed by atoms with Crippen molar-refractivity contribution < 1.29 is 13.2 Å². The normalized spacial score (nSPS) is 13.8. The number of rotatable bonds is 6. The van der Waals surface area contributed by atoms with Crippen LogP contribution in [0.15, 0.2) is 83.8 Å². The number of carbonyl (C=O) groups is 1. The maximum atomic E-state index is 12.9. The molecule has 1 amide bonds. The van der Waals surface area contributed by atoms with Gasteiger partial charge in [-0.3, -0.25) is 9.10 Å². The smallest absolute Gasteiger partial charge is 0.264 e. The van der Waals surface area contributed by atoms with E-state index in [2.05, 4.69) is 10.2 Å². The Kier molecular flexibility index (Phi) is 5.95. The van der Waals surface area contributed by atoms with Crippen LogP contribution < -0.4 is 14.5 Å². The van der Waals surface area contributed by atoms with E-state index in [0.29, 0.717) is 16.9 Å². The van der Waals surface area contributed by atoms with Gasteiger partial charge in [-0.25, -0.2) is 8.42 Å². The van der Waals surface area contributed by atoms with Crippen LogP contribution in [0, 0.1) is 0 Å². The van der Waals surface area contributed by atoms with E-state index in [-0.39, 0.29) is 10.8 Å². The molecule has 7 heteroatoms. The molecule has 0 aromatic heterocycles. The van der Waals surface area contributed by atoms with E-state index >= 15 is 0 Å². The molecule has 6 nitrogen and oxygen atoms in total. The molecule has 3 aromatic rings. The standard InChI is InChI=1S/C24H25N3O3S/c1-26(31(29,30)23-10-3-2-4-11-23)22-9-7-8-19(18-22)24(28)25-20-12-14-21(15-13-20)27-16-5-6-17-27/h2-4,7-15,18H,5-6,16-17H2,1H3,(H,25,28). The van der Waals surface area contributed by atoms with Gasteiger partial charge in [-0.05, 0) is 67.4 Å². The fourth-order valence-electron chi connectivity index (χ4n) is 3.67. The van der Waals surface area contributed by atoms with E-state index in [1.807, 2.05) is 24.3 Å². The molecule has 1 aliphatic heterocycles. The molecule has 0 saturated carbocycles. The van der Waals surface area contributed by atoms with E-state index in [0.717, 1.165) is 18.8 Å². The average Bonchev–Trinajstić information content (AvgIpc) is 3.35. The highest BCUT2D eigenvalue weighted by Gasteiger charge is 2.21. The maximum absolute atomic E-state index is 12.9. The summed E-state index contributed by atoms with van der Waals surface area (Å²) in [4.78, 5) is 15.3. The van der Waals surface area contributed by atoms with Crippen LogP contribution in [0.1, 0.15) is 23.2 Å². The zero-order valence-electron chi connectivity index (χ0n) is 17.4. The van der Waals surface area contributed by atoms with Gasteiger partial charge in [-0.15, -0.1) is 0 Å². The van der Waals surface area contributed by atoms with Crippen molar-refractivity contribution in [3.8, 4) is 0 Å². The third-order valence-corrected chi connectivity index (χ3v) is 7.27. The molecule has 0 bridgehead atoms. The number of anilines is 3. The fraction of sp³-hybridized carbons (Fsp3) is 0.208. The van der Waals surface area contributed by atoms with Crippen molar-refractivity contribution in [1.29, 1.82) is 0 Å². The van der Waals surface area contributed by atoms with Crippen LogP contribution in [0.3, 0.4) is 0 Å². The number of nitrogens with one attached hydrogen (secondary N) is 1. The summed E-state index contributed by atoms with van der Waals surface area (Å²) in [6, 6.07) is 22.6.